The molecule has 3 N–H and O–H groups in total. The van der Waals surface area contributed by atoms with E-state index in [4.69, 9.17) is 10.5 Å². The lowest BCUT2D eigenvalue weighted by molar-refractivity contribution is -0.126. The first-order chi connectivity index (χ1) is 9.49. The number of nitrogens with one attached hydrogen (secondary N) is 1. The molecule has 4 nitrogen and oxygen atoms in total. The fourth-order valence-corrected chi connectivity index (χ4v) is 2.11. The molecule has 120 valence electrons. The van der Waals surface area contributed by atoms with Crippen molar-refractivity contribution in [1.29, 1.82) is 0 Å². The van der Waals surface area contributed by atoms with E-state index in [9.17, 15) is 4.79 Å². The number of rotatable bonds is 8. The molecule has 1 unspecified atom stereocenters. The largest absolute Gasteiger partial charge is 0.494 e. The van der Waals surface area contributed by atoms with Crippen LogP contribution in [-0.4, -0.2) is 24.6 Å². The van der Waals surface area contributed by atoms with Gasteiger partial charge in [-0.25, -0.2) is 0 Å². The summed E-state index contributed by atoms with van der Waals surface area (Å²) in [6.07, 6.45) is 2.37. The van der Waals surface area contributed by atoms with E-state index in [1.54, 1.807) is 6.92 Å². The third kappa shape index (κ3) is 6.82. The summed E-state index contributed by atoms with van der Waals surface area (Å²) >= 11 is 0. The third-order valence-electron chi connectivity index (χ3n) is 3.20. The highest BCUT2D eigenvalue weighted by atomic mass is 35.5. The van der Waals surface area contributed by atoms with Gasteiger partial charge in [0.05, 0.1) is 12.1 Å². The zero-order valence-electron chi connectivity index (χ0n) is 13.1. The van der Waals surface area contributed by atoms with E-state index in [2.05, 4.69) is 5.32 Å². The van der Waals surface area contributed by atoms with Gasteiger partial charge >= 0.3 is 0 Å². The number of carbonyl (C=O) groups is 1. The van der Waals surface area contributed by atoms with Crippen LogP contribution < -0.4 is 15.8 Å². The molecule has 0 fully saturated rings. The normalized spacial score (nSPS) is 13.0. The van der Waals surface area contributed by atoms with Crippen LogP contribution in [0.1, 0.15) is 39.2 Å². The summed E-state index contributed by atoms with van der Waals surface area (Å²) in [4.78, 5) is 12.0. The van der Waals surface area contributed by atoms with Crippen molar-refractivity contribution in [3.8, 4) is 5.75 Å². The van der Waals surface area contributed by atoms with Gasteiger partial charge in [0.25, 0.3) is 0 Å². The van der Waals surface area contributed by atoms with Crippen molar-refractivity contribution in [2.24, 2.45) is 5.73 Å². The Bertz CT molecular complexity index is 436. The molecular formula is C16H27ClN2O2. The highest BCUT2D eigenvalue weighted by Gasteiger charge is 2.26. The second-order valence-electron chi connectivity index (χ2n) is 5.25. The third-order valence-corrected chi connectivity index (χ3v) is 3.20. The predicted molar refractivity (Wildman–Crippen MR) is 89.1 cm³/mol. The maximum absolute atomic E-state index is 12.0. The van der Waals surface area contributed by atoms with Crippen LogP contribution in [0.3, 0.4) is 0 Å². The van der Waals surface area contributed by atoms with Gasteiger partial charge < -0.3 is 15.8 Å². The molecule has 1 amide bonds. The Hall–Kier alpha value is -1.26. The monoisotopic (exact) mass is 314 g/mol. The lowest BCUT2D eigenvalue weighted by Crippen LogP contribution is -2.51. The first-order valence-corrected chi connectivity index (χ1v) is 7.28. The highest BCUT2D eigenvalue weighted by Crippen LogP contribution is 2.13. The molecular weight excluding hydrogens is 288 g/mol. The lowest BCUT2D eigenvalue weighted by Gasteiger charge is -2.22. The maximum Gasteiger partial charge on any atom is 0.239 e. The fraction of sp³-hybridized carbons (Fsp3) is 0.562. The van der Waals surface area contributed by atoms with Crippen LogP contribution >= 0.6 is 12.4 Å². The van der Waals surface area contributed by atoms with Gasteiger partial charge in [-0.1, -0.05) is 25.5 Å². The Morgan fingerprint density at radius 3 is 2.71 bits per heavy atom. The van der Waals surface area contributed by atoms with Crippen molar-refractivity contribution in [2.75, 3.05) is 13.2 Å². The second kappa shape index (κ2) is 9.64. The summed E-state index contributed by atoms with van der Waals surface area (Å²) in [7, 11) is 0. The first kappa shape index (κ1) is 19.7. The number of nitrogens with two attached hydrogens (primary N) is 1. The van der Waals surface area contributed by atoms with Gasteiger partial charge in [0.15, 0.2) is 0 Å². The fourth-order valence-electron chi connectivity index (χ4n) is 2.11. The van der Waals surface area contributed by atoms with E-state index in [0.29, 0.717) is 19.6 Å². The molecule has 0 saturated carbocycles. The number of ether oxygens (including phenoxy) is 1. The standard InChI is InChI=1S/C16H26N2O2.ClH/c1-4-10-16(3,17)15(19)18-11-9-13-7-6-8-14(12-13)20-5-2;/h6-8,12H,4-5,9-11,17H2,1-3H3,(H,18,19);1H. The summed E-state index contributed by atoms with van der Waals surface area (Å²) in [6.45, 7) is 7.01. The summed E-state index contributed by atoms with van der Waals surface area (Å²) in [5.41, 5.74) is 6.35. The highest BCUT2D eigenvalue weighted by molar-refractivity contribution is 5.85. The summed E-state index contributed by atoms with van der Waals surface area (Å²) < 4.78 is 5.45. The molecule has 21 heavy (non-hydrogen) atoms. The van der Waals surface area contributed by atoms with Gasteiger partial charge in [-0.3, -0.25) is 4.79 Å². The number of halogens is 1. The number of amides is 1. The van der Waals surface area contributed by atoms with Crippen LogP contribution in [0.4, 0.5) is 0 Å². The van der Waals surface area contributed by atoms with E-state index in [1.165, 1.54) is 0 Å². The molecule has 0 aromatic heterocycles. The van der Waals surface area contributed by atoms with Crippen LogP contribution in [-0.2, 0) is 11.2 Å². The van der Waals surface area contributed by atoms with Gasteiger partial charge in [0.1, 0.15) is 5.75 Å². The number of hydrogen-bond donors (Lipinski definition) is 2. The topological polar surface area (TPSA) is 64.4 Å². The van der Waals surface area contributed by atoms with Crippen LogP contribution in [0.5, 0.6) is 5.75 Å². The minimum absolute atomic E-state index is 0. The molecule has 0 aliphatic heterocycles. The predicted octanol–water partition coefficient (Wildman–Crippen LogP) is 2.68. The number of carbonyl (C=O) groups excluding carboxylic acids is 1. The Morgan fingerprint density at radius 2 is 2.10 bits per heavy atom. The van der Waals surface area contributed by atoms with Crippen molar-refractivity contribution >= 4 is 18.3 Å². The molecule has 0 aliphatic carbocycles. The number of benzene rings is 1. The molecule has 1 rings (SSSR count). The minimum atomic E-state index is -0.776. The van der Waals surface area contributed by atoms with E-state index >= 15 is 0 Å². The molecule has 1 aromatic carbocycles. The maximum atomic E-state index is 12.0. The van der Waals surface area contributed by atoms with E-state index < -0.39 is 5.54 Å². The average Bonchev–Trinajstić information content (AvgIpc) is 2.39. The van der Waals surface area contributed by atoms with Gasteiger partial charge in [0.2, 0.25) is 5.91 Å². The quantitative estimate of drug-likeness (QED) is 0.775. The van der Waals surface area contributed by atoms with Crippen LogP contribution in [0, 0.1) is 0 Å². The number of hydrogen-bond acceptors (Lipinski definition) is 3. The van der Waals surface area contributed by atoms with Gasteiger partial charge in [-0.2, -0.15) is 0 Å². The van der Waals surface area contributed by atoms with Crippen molar-refractivity contribution in [3.05, 3.63) is 29.8 Å². The smallest absolute Gasteiger partial charge is 0.239 e. The van der Waals surface area contributed by atoms with Crippen molar-refractivity contribution in [2.45, 2.75) is 45.6 Å². The van der Waals surface area contributed by atoms with Gasteiger partial charge in [0, 0.05) is 6.54 Å². The summed E-state index contributed by atoms with van der Waals surface area (Å²) in [5.74, 6) is 0.784. The second-order valence-corrected chi connectivity index (χ2v) is 5.25. The van der Waals surface area contributed by atoms with E-state index in [-0.39, 0.29) is 18.3 Å². The zero-order valence-corrected chi connectivity index (χ0v) is 14.0. The Labute approximate surface area is 133 Å². The first-order valence-electron chi connectivity index (χ1n) is 7.28. The van der Waals surface area contributed by atoms with Crippen molar-refractivity contribution in [3.63, 3.8) is 0 Å². The molecule has 0 heterocycles. The zero-order chi connectivity index (χ0) is 15.0. The lowest BCUT2D eigenvalue weighted by atomic mass is 9.96. The SMILES string of the molecule is CCCC(C)(N)C(=O)NCCc1cccc(OCC)c1.Cl. The Morgan fingerprint density at radius 1 is 1.38 bits per heavy atom. The van der Waals surface area contributed by atoms with E-state index in [0.717, 1.165) is 24.2 Å². The molecule has 1 aromatic rings. The van der Waals surface area contributed by atoms with Crippen molar-refractivity contribution < 1.29 is 9.53 Å². The van der Waals surface area contributed by atoms with Crippen molar-refractivity contribution in [1.82, 2.24) is 5.32 Å². The minimum Gasteiger partial charge on any atom is -0.494 e. The van der Waals surface area contributed by atoms with Crippen LogP contribution in [0.25, 0.3) is 0 Å². The summed E-state index contributed by atoms with van der Waals surface area (Å²) in [5, 5.41) is 2.90. The summed E-state index contributed by atoms with van der Waals surface area (Å²) in [6, 6.07) is 7.93. The molecule has 0 aliphatic rings. The average molecular weight is 315 g/mol. The molecule has 5 heteroatoms. The van der Waals surface area contributed by atoms with Crippen LogP contribution in [0.15, 0.2) is 24.3 Å². The van der Waals surface area contributed by atoms with Crippen LogP contribution in [0.2, 0.25) is 0 Å². The molecule has 0 spiro atoms. The molecule has 0 bridgehead atoms. The Balaban J connectivity index is 0.00000400. The molecule has 0 saturated heterocycles. The Kier molecular flexibility index (Phi) is 9.06. The van der Waals surface area contributed by atoms with E-state index in [1.807, 2.05) is 38.1 Å². The molecule has 0 radical (unpaired) electrons. The molecule has 1 atom stereocenters. The van der Waals surface area contributed by atoms with Gasteiger partial charge in [-0.05, 0) is 44.4 Å². The van der Waals surface area contributed by atoms with Gasteiger partial charge in [-0.15, -0.1) is 12.4 Å².